The number of aryl methyl sites for hydroxylation is 4. The first-order valence-electron chi connectivity index (χ1n) is 9.33. The molecule has 3 nitrogen and oxygen atoms in total. The van der Waals surface area contributed by atoms with E-state index in [1.807, 2.05) is 38.1 Å². The second-order valence-corrected chi connectivity index (χ2v) is 8.58. The monoisotopic (exact) mass is 397 g/mol. The van der Waals surface area contributed by atoms with Gasteiger partial charge in [0.15, 0.2) is 0 Å². The lowest BCUT2D eigenvalue weighted by atomic mass is 10.0. The average Bonchev–Trinajstić information content (AvgIpc) is 2.68. The van der Waals surface area contributed by atoms with E-state index in [1.165, 1.54) is 12.1 Å². The van der Waals surface area contributed by atoms with Gasteiger partial charge < -0.3 is 0 Å². The van der Waals surface area contributed by atoms with E-state index < -0.39 is 10.0 Å². The van der Waals surface area contributed by atoms with E-state index in [-0.39, 0.29) is 10.7 Å². The van der Waals surface area contributed by atoms with Crippen molar-refractivity contribution in [3.63, 3.8) is 0 Å². The van der Waals surface area contributed by atoms with Gasteiger partial charge in [-0.15, -0.1) is 0 Å². The molecule has 0 spiro atoms. The van der Waals surface area contributed by atoms with Gasteiger partial charge in [-0.25, -0.2) is 12.8 Å². The highest BCUT2D eigenvalue weighted by molar-refractivity contribution is 7.92. The highest BCUT2D eigenvalue weighted by Gasteiger charge is 2.15. The summed E-state index contributed by atoms with van der Waals surface area (Å²) in [5, 5.41) is 0. The summed E-state index contributed by atoms with van der Waals surface area (Å²) >= 11 is 0. The van der Waals surface area contributed by atoms with Crippen LogP contribution in [0.2, 0.25) is 0 Å². The summed E-state index contributed by atoms with van der Waals surface area (Å²) in [6.07, 6.45) is 1.94. The molecule has 3 rings (SSSR count). The Bertz CT molecular complexity index is 1080. The molecule has 0 atom stereocenters. The molecule has 0 bridgehead atoms. The normalized spacial score (nSPS) is 11.4. The van der Waals surface area contributed by atoms with Crippen molar-refractivity contribution in [1.82, 2.24) is 0 Å². The highest BCUT2D eigenvalue weighted by Crippen LogP contribution is 2.21. The van der Waals surface area contributed by atoms with Gasteiger partial charge in [-0.3, -0.25) is 4.72 Å². The van der Waals surface area contributed by atoms with Gasteiger partial charge in [0.1, 0.15) is 5.82 Å². The fourth-order valence-electron chi connectivity index (χ4n) is 3.12. The third kappa shape index (κ3) is 4.98. The number of hydrogen-bond donors (Lipinski definition) is 1. The molecule has 0 saturated heterocycles. The number of nitrogens with one attached hydrogen (secondary N) is 1. The summed E-state index contributed by atoms with van der Waals surface area (Å²) in [4.78, 5) is 0.206. The van der Waals surface area contributed by atoms with Gasteiger partial charge in [-0.05, 0) is 73.2 Å². The molecule has 0 amide bonds. The van der Waals surface area contributed by atoms with Crippen LogP contribution in [0.4, 0.5) is 10.1 Å². The Labute approximate surface area is 166 Å². The molecule has 3 aromatic rings. The lowest BCUT2D eigenvalue weighted by Crippen LogP contribution is -2.13. The maximum atomic E-state index is 14.2. The third-order valence-electron chi connectivity index (χ3n) is 4.68. The lowest BCUT2D eigenvalue weighted by Gasteiger charge is -2.11. The molecule has 5 heteroatoms. The maximum absolute atomic E-state index is 14.2. The van der Waals surface area contributed by atoms with Crippen molar-refractivity contribution in [2.45, 2.75) is 38.0 Å². The van der Waals surface area contributed by atoms with E-state index in [2.05, 4.69) is 10.8 Å². The summed E-state index contributed by atoms with van der Waals surface area (Å²) in [7, 11) is -3.72. The zero-order chi connectivity index (χ0) is 20.1. The Balaban J connectivity index is 1.78. The molecule has 0 fully saturated rings. The van der Waals surface area contributed by atoms with Gasteiger partial charge in [0.05, 0.1) is 4.90 Å². The van der Waals surface area contributed by atoms with Crippen LogP contribution in [0.1, 0.15) is 29.2 Å². The minimum Gasteiger partial charge on any atom is -0.280 e. The van der Waals surface area contributed by atoms with Gasteiger partial charge in [-0.1, -0.05) is 48.9 Å². The van der Waals surface area contributed by atoms with Crippen molar-refractivity contribution in [1.29, 1.82) is 0 Å². The molecular weight excluding hydrogens is 373 g/mol. The Morgan fingerprint density at radius 3 is 2.39 bits per heavy atom. The number of benzene rings is 3. The van der Waals surface area contributed by atoms with Crippen LogP contribution in [0.5, 0.6) is 0 Å². The fraction of sp³-hybridized carbons (Fsp3) is 0.217. The fourth-order valence-corrected chi connectivity index (χ4v) is 4.24. The van der Waals surface area contributed by atoms with Gasteiger partial charge in [0.2, 0.25) is 0 Å². The zero-order valence-corrected chi connectivity index (χ0v) is 16.9. The first-order valence-corrected chi connectivity index (χ1v) is 10.8. The Morgan fingerprint density at radius 2 is 1.64 bits per heavy atom. The van der Waals surface area contributed by atoms with Gasteiger partial charge in [0, 0.05) is 5.69 Å². The van der Waals surface area contributed by atoms with Crippen molar-refractivity contribution in [3.05, 3.63) is 94.8 Å². The van der Waals surface area contributed by atoms with Crippen LogP contribution in [0.15, 0.2) is 71.6 Å². The van der Waals surface area contributed by atoms with Crippen LogP contribution < -0.4 is 4.72 Å². The van der Waals surface area contributed by atoms with Crippen molar-refractivity contribution in [3.8, 4) is 0 Å². The molecule has 0 aliphatic carbocycles. The molecule has 0 unspecified atom stereocenters. The predicted octanol–water partition coefficient (Wildman–Crippen LogP) is 5.28. The largest absolute Gasteiger partial charge is 0.280 e. The molecule has 0 aliphatic rings. The summed E-state index contributed by atoms with van der Waals surface area (Å²) in [5.41, 5.74) is 4.09. The quantitative estimate of drug-likeness (QED) is 0.589. The highest BCUT2D eigenvalue weighted by atomic mass is 32.2. The number of sulfonamides is 1. The van der Waals surface area contributed by atoms with E-state index in [0.29, 0.717) is 24.1 Å². The van der Waals surface area contributed by atoms with Gasteiger partial charge in [0.25, 0.3) is 10.0 Å². The lowest BCUT2D eigenvalue weighted by molar-refractivity contribution is 0.600. The van der Waals surface area contributed by atoms with Crippen LogP contribution in [0.3, 0.4) is 0 Å². The molecule has 0 aromatic heterocycles. The molecular formula is C23H24FNO2S. The summed E-state index contributed by atoms with van der Waals surface area (Å²) in [5.74, 6) is -0.330. The first-order chi connectivity index (χ1) is 13.4. The van der Waals surface area contributed by atoms with Crippen molar-refractivity contribution >= 4 is 15.7 Å². The maximum Gasteiger partial charge on any atom is 0.261 e. The van der Waals surface area contributed by atoms with E-state index in [0.717, 1.165) is 23.1 Å². The Hall–Kier alpha value is -2.66. The molecule has 0 radical (unpaired) electrons. The summed E-state index contributed by atoms with van der Waals surface area (Å²) in [6.45, 7) is 3.99. The number of rotatable bonds is 7. The van der Waals surface area contributed by atoms with Crippen LogP contribution >= 0.6 is 0 Å². The molecule has 1 N–H and O–H groups in total. The van der Waals surface area contributed by atoms with Gasteiger partial charge in [-0.2, -0.15) is 0 Å². The van der Waals surface area contributed by atoms with E-state index in [1.54, 1.807) is 24.3 Å². The topological polar surface area (TPSA) is 46.2 Å². The standard InChI is InChI=1S/C23H24FNO2S/c1-3-18-7-5-9-22(15-18)28(26,27)25-21-12-13-23(24)20(16-21)11-10-19-8-4-6-17(2)14-19/h4-9,12-16,25H,3,10-11H2,1-2H3. The van der Waals surface area contributed by atoms with Crippen LogP contribution in [-0.2, 0) is 29.3 Å². The number of halogens is 1. The predicted molar refractivity (Wildman–Crippen MR) is 112 cm³/mol. The smallest absolute Gasteiger partial charge is 0.261 e. The Kier molecular flexibility index (Phi) is 6.15. The molecule has 28 heavy (non-hydrogen) atoms. The molecule has 0 aliphatic heterocycles. The van der Waals surface area contributed by atoms with E-state index in [9.17, 15) is 12.8 Å². The molecule has 3 aromatic carbocycles. The third-order valence-corrected chi connectivity index (χ3v) is 6.06. The second kappa shape index (κ2) is 8.57. The van der Waals surface area contributed by atoms with E-state index >= 15 is 0 Å². The molecule has 146 valence electrons. The first kappa shape index (κ1) is 20.1. The van der Waals surface area contributed by atoms with Crippen molar-refractivity contribution in [2.75, 3.05) is 4.72 Å². The van der Waals surface area contributed by atoms with E-state index in [4.69, 9.17) is 0 Å². The number of hydrogen-bond acceptors (Lipinski definition) is 2. The Morgan fingerprint density at radius 1 is 0.893 bits per heavy atom. The molecule has 0 saturated carbocycles. The van der Waals surface area contributed by atoms with Crippen LogP contribution in [0, 0.1) is 12.7 Å². The van der Waals surface area contributed by atoms with Crippen molar-refractivity contribution in [2.24, 2.45) is 0 Å². The van der Waals surface area contributed by atoms with Crippen LogP contribution in [-0.4, -0.2) is 8.42 Å². The second-order valence-electron chi connectivity index (χ2n) is 6.90. The summed E-state index contributed by atoms with van der Waals surface area (Å²) in [6, 6.07) is 19.3. The number of anilines is 1. The van der Waals surface area contributed by atoms with Gasteiger partial charge >= 0.3 is 0 Å². The minimum absolute atomic E-state index is 0.206. The van der Waals surface area contributed by atoms with Crippen LogP contribution in [0.25, 0.3) is 0 Å². The van der Waals surface area contributed by atoms with Crippen molar-refractivity contribution < 1.29 is 12.8 Å². The minimum atomic E-state index is -3.72. The zero-order valence-electron chi connectivity index (χ0n) is 16.1. The molecule has 0 heterocycles. The average molecular weight is 398 g/mol. The summed E-state index contributed by atoms with van der Waals surface area (Å²) < 4.78 is 42.2. The SMILES string of the molecule is CCc1cccc(S(=O)(=O)Nc2ccc(F)c(CCc3cccc(C)c3)c2)c1.